The Morgan fingerprint density at radius 1 is 1.19 bits per heavy atom. The van der Waals surface area contributed by atoms with Crippen LogP contribution in [0.3, 0.4) is 0 Å². The molecule has 0 fully saturated rings. The predicted molar refractivity (Wildman–Crippen MR) is 106 cm³/mol. The summed E-state index contributed by atoms with van der Waals surface area (Å²) >= 11 is 0. The molecule has 0 aliphatic carbocycles. The van der Waals surface area contributed by atoms with E-state index in [1.807, 2.05) is 0 Å². The molecule has 0 bridgehead atoms. The normalized spacial score (nSPS) is 11.0. The van der Waals surface area contributed by atoms with Gasteiger partial charge in [-0.05, 0) is 29.5 Å². The summed E-state index contributed by atoms with van der Waals surface area (Å²) in [5.41, 5.74) is 1.07. The van der Waals surface area contributed by atoms with E-state index in [4.69, 9.17) is 5.41 Å². The number of hydrogen-bond donors (Lipinski definition) is 3. The van der Waals surface area contributed by atoms with Crippen LogP contribution in [0, 0.1) is 11.4 Å². The van der Waals surface area contributed by atoms with Gasteiger partial charge in [0, 0.05) is 42.9 Å². The maximum absolute atomic E-state index is 14.5. The molecule has 0 saturated heterocycles. The molecule has 3 aromatic heterocycles. The Labute approximate surface area is 219 Å². The maximum atomic E-state index is 14.5. The van der Waals surface area contributed by atoms with E-state index in [9.17, 15) is 17.6 Å². The minimum absolute atomic E-state index is 0. The summed E-state index contributed by atoms with van der Waals surface area (Å²) < 4.78 is 53.7. The van der Waals surface area contributed by atoms with Crippen molar-refractivity contribution in [3.05, 3.63) is 75.9 Å². The van der Waals surface area contributed by atoms with Gasteiger partial charge in [-0.25, -0.2) is 4.98 Å². The van der Waals surface area contributed by atoms with Gasteiger partial charge in [-0.15, -0.1) is 0 Å². The summed E-state index contributed by atoms with van der Waals surface area (Å²) in [6.07, 6.45) is 1.26. The van der Waals surface area contributed by atoms with Crippen molar-refractivity contribution in [1.29, 1.82) is 5.41 Å². The van der Waals surface area contributed by atoms with Gasteiger partial charge in [-0.3, -0.25) is 4.98 Å². The second kappa shape index (κ2) is 11.2. The summed E-state index contributed by atoms with van der Waals surface area (Å²) in [4.78, 5) is 10.5. The van der Waals surface area contributed by atoms with Gasteiger partial charge in [-0.2, -0.15) is 17.6 Å². The molecule has 0 saturated carbocycles. The van der Waals surface area contributed by atoms with Gasteiger partial charge in [-0.1, -0.05) is 25.1 Å². The minimum atomic E-state index is -4.50. The third-order valence-corrected chi connectivity index (χ3v) is 4.56. The molecule has 0 radical (unpaired) electrons. The molecule has 0 unspecified atom stereocenters. The van der Waals surface area contributed by atoms with Gasteiger partial charge >= 0.3 is 57.6 Å². The van der Waals surface area contributed by atoms with E-state index in [-0.39, 0.29) is 75.7 Å². The van der Waals surface area contributed by atoms with Crippen LogP contribution in [-0.4, -0.2) is 28.2 Å². The van der Waals surface area contributed by atoms with Crippen LogP contribution < -0.4 is 56.7 Å². The Kier molecular flexibility index (Phi) is 9.19. The Hall–Kier alpha value is -1.79. The molecule has 6 nitrogen and oxygen atoms in total. The average Bonchev–Trinajstić information content (AvgIpc) is 3.09. The molecule has 0 aromatic carbocycles. The second-order valence-electron chi connectivity index (χ2n) is 6.48. The summed E-state index contributed by atoms with van der Waals surface area (Å²) in [6, 6.07) is 3.94. The zero-order valence-corrected chi connectivity index (χ0v) is 20.1. The Morgan fingerprint density at radius 3 is 2.61 bits per heavy atom. The largest absolute Gasteiger partial charge is 1.00 e. The average molecular weight is 459 g/mol. The fourth-order valence-electron chi connectivity index (χ4n) is 3.10. The van der Waals surface area contributed by atoms with Crippen molar-refractivity contribution in [2.45, 2.75) is 25.6 Å². The van der Waals surface area contributed by atoms with Gasteiger partial charge < -0.3 is 21.0 Å². The Morgan fingerprint density at radius 2 is 1.97 bits per heavy atom. The van der Waals surface area contributed by atoms with E-state index in [1.54, 1.807) is 13.2 Å². The fourth-order valence-corrected chi connectivity index (χ4v) is 3.10. The summed E-state index contributed by atoms with van der Waals surface area (Å²) in [7, 11) is 1.62. The zero-order valence-electron chi connectivity index (χ0n) is 17.0. The standard InChI is InChI=1S/C20H19F4N6.K/c1-26-19-15(4-6-25)13(10-29-19)8-12-2-3-17(30-18(12)21)28-11-14-9-27-7-5-16(14)20(22,23)24;/h2-3,5-7,9-10,25,29H,4,8,11H2,1H3,(H,28,30);/q-1;+1. The Bertz CT molecular complexity index is 1030. The van der Waals surface area contributed by atoms with Crippen molar-refractivity contribution in [2.24, 2.45) is 0 Å². The first kappa shape index (κ1) is 25.5. The van der Waals surface area contributed by atoms with Crippen LogP contribution in [0.2, 0.25) is 0 Å². The third kappa shape index (κ3) is 6.36. The number of aromatic amines is 1. The molecule has 3 N–H and O–H groups in total. The SMILES string of the molecule is C[N-]c1[nH]cc(Cc2ccc(NCc3cnccc3C(F)(F)F)nc2F)c1CC=N.[K+]. The summed E-state index contributed by atoms with van der Waals surface area (Å²) in [5.74, 6) is 0.0302. The molecule has 3 aromatic rings. The van der Waals surface area contributed by atoms with Gasteiger partial charge in [0.2, 0.25) is 5.95 Å². The topological polar surface area (TPSA) is 91.6 Å². The van der Waals surface area contributed by atoms with E-state index < -0.39 is 17.7 Å². The Balaban J connectivity index is 0.00000341. The molecule has 31 heavy (non-hydrogen) atoms. The molecule has 0 atom stereocenters. The number of halogens is 4. The number of rotatable bonds is 8. The molecule has 0 aliphatic heterocycles. The van der Waals surface area contributed by atoms with E-state index in [2.05, 4.69) is 25.6 Å². The van der Waals surface area contributed by atoms with Crippen molar-refractivity contribution >= 4 is 17.9 Å². The van der Waals surface area contributed by atoms with E-state index >= 15 is 0 Å². The van der Waals surface area contributed by atoms with Crippen molar-refractivity contribution in [1.82, 2.24) is 15.0 Å². The first-order chi connectivity index (χ1) is 14.3. The molecule has 3 rings (SSSR count). The molecule has 0 spiro atoms. The van der Waals surface area contributed by atoms with Gasteiger partial charge in [0.1, 0.15) is 5.82 Å². The number of hydrogen-bond acceptors (Lipinski definition) is 4. The quantitative estimate of drug-likeness (QED) is 0.209. The number of H-pyrrole nitrogens is 1. The predicted octanol–water partition coefficient (Wildman–Crippen LogP) is 2.00. The first-order valence-electron chi connectivity index (χ1n) is 9.00. The van der Waals surface area contributed by atoms with Crippen LogP contribution >= 0.6 is 0 Å². The van der Waals surface area contributed by atoms with Crippen molar-refractivity contribution < 1.29 is 68.9 Å². The van der Waals surface area contributed by atoms with E-state index in [0.717, 1.165) is 29.6 Å². The number of nitrogens with zero attached hydrogens (tertiary/aromatic N) is 3. The number of alkyl halides is 3. The molecule has 0 aliphatic rings. The van der Waals surface area contributed by atoms with Gasteiger partial charge in [0.05, 0.1) is 5.56 Å². The number of nitrogens with one attached hydrogen (secondary N) is 3. The summed E-state index contributed by atoms with van der Waals surface area (Å²) in [5, 5.41) is 14.1. The maximum Gasteiger partial charge on any atom is 1.00 e. The van der Waals surface area contributed by atoms with Crippen molar-refractivity contribution in [3.8, 4) is 0 Å². The fraction of sp³-hybridized carbons (Fsp3) is 0.250. The minimum Gasteiger partial charge on any atom is -0.469 e. The monoisotopic (exact) mass is 458 g/mol. The number of aromatic nitrogens is 3. The second-order valence-corrected chi connectivity index (χ2v) is 6.48. The van der Waals surface area contributed by atoms with Crippen LogP contribution in [0.1, 0.15) is 27.8 Å². The number of anilines is 1. The zero-order chi connectivity index (χ0) is 21.7. The van der Waals surface area contributed by atoms with E-state index in [1.165, 1.54) is 18.3 Å². The molecular weight excluding hydrogens is 439 g/mol. The van der Waals surface area contributed by atoms with Crippen LogP contribution in [0.15, 0.2) is 36.8 Å². The van der Waals surface area contributed by atoms with Crippen LogP contribution in [0.5, 0.6) is 0 Å². The van der Waals surface area contributed by atoms with Gasteiger partial charge in [0.15, 0.2) is 0 Å². The summed E-state index contributed by atoms with van der Waals surface area (Å²) in [6.45, 7) is -0.197. The van der Waals surface area contributed by atoms with Crippen LogP contribution in [-0.2, 0) is 25.6 Å². The molecule has 11 heteroatoms. The van der Waals surface area contributed by atoms with Crippen LogP contribution in [0.25, 0.3) is 5.32 Å². The smallest absolute Gasteiger partial charge is 0.469 e. The molecular formula is C20H19F4KN6. The molecule has 158 valence electrons. The van der Waals surface area contributed by atoms with Crippen LogP contribution in [0.4, 0.5) is 29.2 Å². The van der Waals surface area contributed by atoms with E-state index in [0.29, 0.717) is 17.8 Å². The van der Waals surface area contributed by atoms with Gasteiger partial charge in [0.25, 0.3) is 0 Å². The third-order valence-electron chi connectivity index (χ3n) is 4.56. The first-order valence-corrected chi connectivity index (χ1v) is 9.00. The van der Waals surface area contributed by atoms with Crippen molar-refractivity contribution in [2.75, 3.05) is 12.4 Å². The number of pyridine rings is 2. The molecule has 0 amide bonds. The van der Waals surface area contributed by atoms with Crippen molar-refractivity contribution in [3.63, 3.8) is 0 Å². The molecule has 3 heterocycles.